The molecule has 1 atom stereocenters. The maximum atomic E-state index is 12.6. The van der Waals surface area contributed by atoms with Gasteiger partial charge in [-0.2, -0.15) is 0 Å². The molecule has 31 heavy (non-hydrogen) atoms. The smallest absolute Gasteiger partial charge is 0.338 e. The van der Waals surface area contributed by atoms with Crippen molar-refractivity contribution in [2.45, 2.75) is 40.3 Å². The summed E-state index contributed by atoms with van der Waals surface area (Å²) < 4.78 is 6.94. The van der Waals surface area contributed by atoms with Crippen molar-refractivity contribution in [2.75, 3.05) is 5.32 Å². The van der Waals surface area contributed by atoms with Gasteiger partial charge >= 0.3 is 5.97 Å². The fourth-order valence-electron chi connectivity index (χ4n) is 3.25. The molecular weight excluding hydrogens is 398 g/mol. The normalized spacial score (nSPS) is 11.7. The number of nitrogens with one attached hydrogen (secondary N) is 1. The van der Waals surface area contributed by atoms with E-state index in [1.54, 1.807) is 54.0 Å². The first-order chi connectivity index (χ1) is 14.7. The van der Waals surface area contributed by atoms with Crippen LogP contribution in [0.3, 0.4) is 0 Å². The lowest BCUT2D eigenvalue weighted by Crippen LogP contribution is -2.25. The molecule has 0 aliphatic heterocycles. The summed E-state index contributed by atoms with van der Waals surface area (Å²) in [6, 6.07) is 11.1. The van der Waals surface area contributed by atoms with Gasteiger partial charge in [0.15, 0.2) is 6.10 Å². The van der Waals surface area contributed by atoms with Crippen LogP contribution in [0.25, 0.3) is 11.0 Å². The number of rotatable bonds is 6. The Hall–Kier alpha value is -3.81. The molecule has 0 saturated carbocycles. The molecular formula is C23H23N3O5. The molecule has 0 saturated heterocycles. The van der Waals surface area contributed by atoms with Crippen LogP contribution in [-0.4, -0.2) is 33.3 Å². The number of hydrogen-bond acceptors (Lipinski definition) is 6. The van der Waals surface area contributed by atoms with Crippen molar-refractivity contribution in [2.24, 2.45) is 0 Å². The predicted molar refractivity (Wildman–Crippen MR) is 116 cm³/mol. The van der Waals surface area contributed by atoms with E-state index in [1.165, 1.54) is 13.8 Å². The molecule has 0 radical (unpaired) electrons. The standard InChI is InChI=1S/C23H23N3O5/c1-5-26-20-11-8-17(12-19(20)24-13(2)22(26)29)23(30)31-14(3)21(28)16-6-9-18(10-7-16)25-15(4)27/h6-12,14H,5H2,1-4H3,(H,25,27)/t14-/m1/s1. The summed E-state index contributed by atoms with van der Waals surface area (Å²) in [5.41, 5.74) is 2.45. The first kappa shape index (κ1) is 21.9. The largest absolute Gasteiger partial charge is 0.451 e. The number of ketones is 1. The predicted octanol–water partition coefficient (Wildman–Crippen LogP) is 3.11. The molecule has 0 aliphatic rings. The fourth-order valence-corrected chi connectivity index (χ4v) is 3.25. The fraction of sp³-hybridized carbons (Fsp3) is 0.261. The molecule has 1 N–H and O–H groups in total. The maximum absolute atomic E-state index is 12.6. The molecule has 0 spiro atoms. The average Bonchev–Trinajstić information content (AvgIpc) is 2.74. The van der Waals surface area contributed by atoms with Crippen molar-refractivity contribution in [3.05, 3.63) is 69.6 Å². The molecule has 3 rings (SSSR count). The quantitative estimate of drug-likeness (QED) is 0.484. The van der Waals surface area contributed by atoms with Crippen LogP contribution in [0.2, 0.25) is 0 Å². The Kier molecular flexibility index (Phi) is 6.29. The second kappa shape index (κ2) is 8.91. The molecule has 0 bridgehead atoms. The first-order valence-electron chi connectivity index (χ1n) is 9.85. The summed E-state index contributed by atoms with van der Waals surface area (Å²) in [6.07, 6.45) is -1.01. The van der Waals surface area contributed by atoms with Crippen LogP contribution >= 0.6 is 0 Å². The van der Waals surface area contributed by atoms with Gasteiger partial charge in [0.2, 0.25) is 11.7 Å². The second-order valence-electron chi connectivity index (χ2n) is 7.12. The van der Waals surface area contributed by atoms with Gasteiger partial charge in [0.25, 0.3) is 5.56 Å². The number of carbonyl (C=O) groups is 3. The number of carbonyl (C=O) groups excluding carboxylic acids is 3. The minimum absolute atomic E-state index is 0.172. The maximum Gasteiger partial charge on any atom is 0.338 e. The summed E-state index contributed by atoms with van der Waals surface area (Å²) >= 11 is 0. The van der Waals surface area contributed by atoms with Gasteiger partial charge in [0.1, 0.15) is 5.69 Å². The van der Waals surface area contributed by atoms with Crippen molar-refractivity contribution >= 4 is 34.4 Å². The Morgan fingerprint density at radius 1 is 1.10 bits per heavy atom. The molecule has 160 valence electrons. The van der Waals surface area contributed by atoms with Gasteiger partial charge in [0.05, 0.1) is 16.6 Å². The monoisotopic (exact) mass is 421 g/mol. The third kappa shape index (κ3) is 4.69. The number of benzene rings is 2. The zero-order valence-electron chi connectivity index (χ0n) is 17.8. The zero-order chi connectivity index (χ0) is 22.7. The van der Waals surface area contributed by atoms with Gasteiger partial charge in [-0.25, -0.2) is 9.78 Å². The van der Waals surface area contributed by atoms with E-state index in [2.05, 4.69) is 10.3 Å². The average molecular weight is 421 g/mol. The number of fused-ring (bicyclic) bond motifs is 1. The van der Waals surface area contributed by atoms with Crippen LogP contribution < -0.4 is 10.9 Å². The lowest BCUT2D eigenvalue weighted by molar-refractivity contribution is -0.114. The van der Waals surface area contributed by atoms with Crippen molar-refractivity contribution < 1.29 is 19.1 Å². The number of aryl methyl sites for hydroxylation is 2. The Morgan fingerprint density at radius 3 is 2.35 bits per heavy atom. The number of amides is 1. The van der Waals surface area contributed by atoms with Crippen molar-refractivity contribution in [1.82, 2.24) is 9.55 Å². The van der Waals surface area contributed by atoms with Crippen LogP contribution in [-0.2, 0) is 16.1 Å². The molecule has 0 unspecified atom stereocenters. The minimum Gasteiger partial charge on any atom is -0.451 e. The SMILES string of the molecule is CCn1c(=O)c(C)nc2cc(C(=O)O[C@H](C)C(=O)c3ccc(NC(C)=O)cc3)ccc21. The van der Waals surface area contributed by atoms with Gasteiger partial charge in [-0.3, -0.25) is 14.4 Å². The summed E-state index contributed by atoms with van der Waals surface area (Å²) in [6.45, 7) is 6.86. The van der Waals surface area contributed by atoms with E-state index in [9.17, 15) is 19.2 Å². The van der Waals surface area contributed by atoms with E-state index in [0.717, 1.165) is 0 Å². The molecule has 3 aromatic rings. The van der Waals surface area contributed by atoms with E-state index in [-0.39, 0.29) is 22.8 Å². The summed E-state index contributed by atoms with van der Waals surface area (Å²) in [5, 5.41) is 2.62. The van der Waals surface area contributed by atoms with Crippen LogP contribution in [0.15, 0.2) is 47.3 Å². The van der Waals surface area contributed by atoms with Gasteiger partial charge < -0.3 is 14.6 Å². The highest BCUT2D eigenvalue weighted by molar-refractivity contribution is 6.02. The molecule has 1 amide bonds. The van der Waals surface area contributed by atoms with Crippen LogP contribution in [0.1, 0.15) is 47.2 Å². The number of Topliss-reactive ketones (excluding diaryl/α,β-unsaturated/α-hetero) is 1. The van der Waals surface area contributed by atoms with E-state index in [0.29, 0.717) is 34.5 Å². The Bertz CT molecular complexity index is 1230. The molecule has 8 nitrogen and oxygen atoms in total. The zero-order valence-corrected chi connectivity index (χ0v) is 17.8. The number of aromatic nitrogens is 2. The number of esters is 1. The van der Waals surface area contributed by atoms with Gasteiger partial charge in [-0.1, -0.05) is 0 Å². The number of anilines is 1. The highest BCUT2D eigenvalue weighted by Crippen LogP contribution is 2.17. The van der Waals surface area contributed by atoms with E-state index in [4.69, 9.17) is 4.74 Å². The van der Waals surface area contributed by atoms with Crippen LogP contribution in [0.5, 0.6) is 0 Å². The number of nitrogens with zero attached hydrogens (tertiary/aromatic N) is 2. The van der Waals surface area contributed by atoms with E-state index in [1.807, 2.05) is 6.92 Å². The lowest BCUT2D eigenvalue weighted by Gasteiger charge is -2.14. The highest BCUT2D eigenvalue weighted by atomic mass is 16.5. The Labute approximate surface area is 178 Å². The molecule has 1 aromatic heterocycles. The van der Waals surface area contributed by atoms with Crippen molar-refractivity contribution in [3.8, 4) is 0 Å². The number of hydrogen-bond donors (Lipinski definition) is 1. The second-order valence-corrected chi connectivity index (χ2v) is 7.12. The molecule has 8 heteroatoms. The molecule has 0 fully saturated rings. The van der Waals surface area contributed by atoms with Crippen molar-refractivity contribution in [1.29, 1.82) is 0 Å². The van der Waals surface area contributed by atoms with Gasteiger partial charge in [0, 0.05) is 24.7 Å². The summed E-state index contributed by atoms with van der Waals surface area (Å²) in [7, 11) is 0. The van der Waals surface area contributed by atoms with Crippen LogP contribution in [0, 0.1) is 6.92 Å². The highest BCUT2D eigenvalue weighted by Gasteiger charge is 2.21. The third-order valence-corrected chi connectivity index (χ3v) is 4.80. The lowest BCUT2D eigenvalue weighted by atomic mass is 10.1. The Balaban J connectivity index is 1.78. The van der Waals surface area contributed by atoms with E-state index < -0.39 is 12.1 Å². The topological polar surface area (TPSA) is 107 Å². The van der Waals surface area contributed by atoms with Crippen LogP contribution in [0.4, 0.5) is 5.69 Å². The molecule has 1 heterocycles. The first-order valence-corrected chi connectivity index (χ1v) is 9.85. The molecule has 0 aliphatic carbocycles. The molecule has 2 aromatic carbocycles. The van der Waals surface area contributed by atoms with Crippen molar-refractivity contribution in [3.63, 3.8) is 0 Å². The number of ether oxygens (including phenoxy) is 1. The van der Waals surface area contributed by atoms with Gasteiger partial charge in [-0.05, 0) is 63.2 Å². The van der Waals surface area contributed by atoms with Gasteiger partial charge in [-0.15, -0.1) is 0 Å². The minimum atomic E-state index is -1.01. The van der Waals surface area contributed by atoms with E-state index >= 15 is 0 Å². The summed E-state index contributed by atoms with van der Waals surface area (Å²) in [5.74, 6) is -1.24. The third-order valence-electron chi connectivity index (χ3n) is 4.80. The Morgan fingerprint density at radius 2 is 1.74 bits per heavy atom. The summed E-state index contributed by atoms with van der Waals surface area (Å²) in [4.78, 5) is 52.8.